The molecule has 2 rings (SSSR count). The summed E-state index contributed by atoms with van der Waals surface area (Å²) in [5.41, 5.74) is 1.90. The Kier molecular flexibility index (Phi) is 4.93. The largest absolute Gasteiger partial charge is 0.339 e. The van der Waals surface area contributed by atoms with Gasteiger partial charge in [-0.2, -0.15) is 5.10 Å². The molecule has 0 fully saturated rings. The lowest BCUT2D eigenvalue weighted by atomic mass is 10.1. The van der Waals surface area contributed by atoms with E-state index in [1.165, 1.54) is 0 Å². The minimum atomic E-state index is 0.111. The molecule has 20 heavy (non-hydrogen) atoms. The van der Waals surface area contributed by atoms with Crippen molar-refractivity contribution in [1.29, 1.82) is 0 Å². The van der Waals surface area contributed by atoms with Crippen molar-refractivity contribution in [2.24, 2.45) is 0 Å². The van der Waals surface area contributed by atoms with Crippen LogP contribution in [0.4, 0.5) is 0 Å². The van der Waals surface area contributed by atoms with Crippen molar-refractivity contribution in [3.8, 4) is 0 Å². The molecule has 0 aliphatic rings. The normalized spacial score (nSPS) is 10.5. The van der Waals surface area contributed by atoms with Crippen molar-refractivity contribution in [1.82, 2.24) is 14.7 Å². The monoisotopic (exact) mass is 271 g/mol. The number of amides is 1. The van der Waals surface area contributed by atoms with Crippen LogP contribution in [0.25, 0.3) is 0 Å². The Bertz CT molecular complexity index is 531. The number of carbonyl (C=O) groups is 1. The third-order valence-electron chi connectivity index (χ3n) is 3.27. The van der Waals surface area contributed by atoms with Crippen LogP contribution in [0.5, 0.6) is 0 Å². The number of aromatic nitrogens is 2. The van der Waals surface area contributed by atoms with Gasteiger partial charge >= 0.3 is 0 Å². The molecule has 4 heteroatoms. The van der Waals surface area contributed by atoms with Crippen molar-refractivity contribution in [3.05, 3.63) is 53.9 Å². The molecule has 2 aromatic rings. The molecule has 1 amide bonds. The highest BCUT2D eigenvalue weighted by molar-refractivity contribution is 5.94. The van der Waals surface area contributed by atoms with Crippen LogP contribution in [0.3, 0.4) is 0 Å². The quantitative estimate of drug-likeness (QED) is 0.810. The minimum Gasteiger partial charge on any atom is -0.339 e. The van der Waals surface area contributed by atoms with Crippen LogP contribution in [-0.4, -0.2) is 33.7 Å². The molecule has 0 atom stereocenters. The van der Waals surface area contributed by atoms with Gasteiger partial charge in [-0.05, 0) is 37.1 Å². The molecular weight excluding hydrogens is 250 g/mol. The lowest BCUT2D eigenvalue weighted by molar-refractivity contribution is 0.0764. The van der Waals surface area contributed by atoms with E-state index in [-0.39, 0.29) is 5.91 Å². The van der Waals surface area contributed by atoms with Crippen molar-refractivity contribution in [2.45, 2.75) is 26.8 Å². The summed E-state index contributed by atoms with van der Waals surface area (Å²) in [5, 5.41) is 4.18. The standard InChI is InChI=1S/C16H21N3O/c1-3-11-18(4-2)16(20)15-8-6-14(7-9-15)13-19-12-5-10-17-19/h5-10,12H,3-4,11,13H2,1-2H3. The fourth-order valence-corrected chi connectivity index (χ4v) is 2.19. The number of hydrogen-bond acceptors (Lipinski definition) is 2. The number of carbonyl (C=O) groups excluding carboxylic acids is 1. The van der Waals surface area contributed by atoms with E-state index in [2.05, 4.69) is 12.0 Å². The second kappa shape index (κ2) is 6.89. The maximum Gasteiger partial charge on any atom is 0.253 e. The van der Waals surface area contributed by atoms with Crippen LogP contribution in [0.1, 0.15) is 36.2 Å². The SMILES string of the molecule is CCCN(CC)C(=O)c1ccc(Cn2cccn2)cc1. The lowest BCUT2D eigenvalue weighted by Crippen LogP contribution is -2.31. The van der Waals surface area contributed by atoms with E-state index in [0.717, 1.165) is 37.2 Å². The molecule has 1 aromatic heterocycles. The number of benzene rings is 1. The topological polar surface area (TPSA) is 38.1 Å². The predicted octanol–water partition coefficient (Wildman–Crippen LogP) is 2.80. The van der Waals surface area contributed by atoms with Gasteiger partial charge in [-0.3, -0.25) is 9.48 Å². The van der Waals surface area contributed by atoms with Gasteiger partial charge in [0.1, 0.15) is 0 Å². The predicted molar refractivity (Wildman–Crippen MR) is 79.6 cm³/mol. The van der Waals surface area contributed by atoms with Crippen LogP contribution >= 0.6 is 0 Å². The second-order valence-corrected chi connectivity index (χ2v) is 4.79. The first-order valence-electron chi connectivity index (χ1n) is 7.10. The Morgan fingerprint density at radius 1 is 1.25 bits per heavy atom. The third-order valence-corrected chi connectivity index (χ3v) is 3.27. The molecular formula is C16H21N3O. The van der Waals surface area contributed by atoms with Gasteiger partial charge in [-0.25, -0.2) is 0 Å². The molecule has 0 aliphatic heterocycles. The summed E-state index contributed by atoms with van der Waals surface area (Å²) in [6.45, 7) is 6.39. The van der Waals surface area contributed by atoms with Crippen molar-refractivity contribution in [2.75, 3.05) is 13.1 Å². The summed E-state index contributed by atoms with van der Waals surface area (Å²) >= 11 is 0. The van der Waals surface area contributed by atoms with Gasteiger partial charge in [0.25, 0.3) is 5.91 Å². The van der Waals surface area contributed by atoms with E-state index < -0.39 is 0 Å². The number of rotatable bonds is 6. The molecule has 0 saturated carbocycles. The second-order valence-electron chi connectivity index (χ2n) is 4.79. The molecule has 4 nitrogen and oxygen atoms in total. The zero-order valence-electron chi connectivity index (χ0n) is 12.1. The summed E-state index contributed by atoms with van der Waals surface area (Å²) in [6, 6.07) is 9.70. The third kappa shape index (κ3) is 3.47. The van der Waals surface area contributed by atoms with E-state index in [0.29, 0.717) is 0 Å². The van der Waals surface area contributed by atoms with Crippen LogP contribution in [0, 0.1) is 0 Å². The highest BCUT2D eigenvalue weighted by Crippen LogP contribution is 2.09. The highest BCUT2D eigenvalue weighted by Gasteiger charge is 2.12. The smallest absolute Gasteiger partial charge is 0.253 e. The maximum absolute atomic E-state index is 12.3. The van der Waals surface area contributed by atoms with Gasteiger partial charge in [0.05, 0.1) is 6.54 Å². The lowest BCUT2D eigenvalue weighted by Gasteiger charge is -2.20. The molecule has 1 aromatic carbocycles. The van der Waals surface area contributed by atoms with Gasteiger partial charge in [-0.15, -0.1) is 0 Å². The molecule has 0 bridgehead atoms. The first-order chi connectivity index (χ1) is 9.74. The van der Waals surface area contributed by atoms with E-state index >= 15 is 0 Å². The van der Waals surface area contributed by atoms with E-state index in [9.17, 15) is 4.79 Å². The molecule has 106 valence electrons. The Hall–Kier alpha value is -2.10. The first-order valence-corrected chi connectivity index (χ1v) is 7.10. The molecule has 0 aliphatic carbocycles. The van der Waals surface area contributed by atoms with Crippen molar-refractivity contribution >= 4 is 5.91 Å². The van der Waals surface area contributed by atoms with Crippen LogP contribution in [-0.2, 0) is 6.54 Å². The summed E-state index contributed by atoms with van der Waals surface area (Å²) in [6.07, 6.45) is 4.68. The van der Waals surface area contributed by atoms with Gasteiger partial charge in [0.15, 0.2) is 0 Å². The van der Waals surface area contributed by atoms with Gasteiger partial charge in [0.2, 0.25) is 0 Å². The Labute approximate surface area is 120 Å². The molecule has 0 saturated heterocycles. The van der Waals surface area contributed by atoms with Gasteiger partial charge in [0, 0.05) is 31.0 Å². The first kappa shape index (κ1) is 14.3. The summed E-state index contributed by atoms with van der Waals surface area (Å²) < 4.78 is 1.87. The Morgan fingerprint density at radius 2 is 2.00 bits per heavy atom. The van der Waals surface area contributed by atoms with Crippen molar-refractivity contribution in [3.63, 3.8) is 0 Å². The zero-order valence-corrected chi connectivity index (χ0v) is 12.1. The van der Waals surface area contributed by atoms with E-state index in [4.69, 9.17) is 0 Å². The molecule has 0 N–H and O–H groups in total. The zero-order chi connectivity index (χ0) is 14.4. The average molecular weight is 271 g/mol. The summed E-state index contributed by atoms with van der Waals surface area (Å²) in [4.78, 5) is 14.2. The van der Waals surface area contributed by atoms with Gasteiger partial charge < -0.3 is 4.90 Å². The molecule has 0 unspecified atom stereocenters. The minimum absolute atomic E-state index is 0.111. The Morgan fingerprint density at radius 3 is 2.55 bits per heavy atom. The summed E-state index contributed by atoms with van der Waals surface area (Å²) in [7, 11) is 0. The van der Waals surface area contributed by atoms with Crippen LogP contribution < -0.4 is 0 Å². The Balaban J connectivity index is 2.05. The van der Waals surface area contributed by atoms with E-state index in [1.807, 2.05) is 53.0 Å². The van der Waals surface area contributed by atoms with Crippen LogP contribution in [0.2, 0.25) is 0 Å². The molecule has 1 heterocycles. The number of nitrogens with zero attached hydrogens (tertiary/aromatic N) is 3. The van der Waals surface area contributed by atoms with Crippen LogP contribution in [0.15, 0.2) is 42.7 Å². The van der Waals surface area contributed by atoms with E-state index in [1.54, 1.807) is 6.20 Å². The highest BCUT2D eigenvalue weighted by atomic mass is 16.2. The molecule has 0 spiro atoms. The fraction of sp³-hybridized carbons (Fsp3) is 0.375. The molecule has 0 radical (unpaired) electrons. The summed E-state index contributed by atoms with van der Waals surface area (Å²) in [5.74, 6) is 0.111. The fourth-order valence-electron chi connectivity index (χ4n) is 2.19. The van der Waals surface area contributed by atoms with Gasteiger partial charge in [-0.1, -0.05) is 19.1 Å². The maximum atomic E-state index is 12.3. The number of hydrogen-bond donors (Lipinski definition) is 0. The average Bonchev–Trinajstić information content (AvgIpc) is 2.98. The van der Waals surface area contributed by atoms with Crippen molar-refractivity contribution < 1.29 is 4.79 Å².